The molecule has 0 aliphatic heterocycles. The van der Waals surface area contributed by atoms with Gasteiger partial charge < -0.3 is 10.3 Å². The lowest BCUT2D eigenvalue weighted by Gasteiger charge is -2.18. The summed E-state index contributed by atoms with van der Waals surface area (Å²) < 4.78 is 22.8. The van der Waals surface area contributed by atoms with E-state index in [4.69, 9.17) is 16.7 Å². The van der Waals surface area contributed by atoms with Gasteiger partial charge in [-0.25, -0.2) is 13.6 Å². The highest BCUT2D eigenvalue weighted by molar-refractivity contribution is 7.89. The minimum Gasteiger partial charge on any atom is -0.359 e. The van der Waals surface area contributed by atoms with Crippen molar-refractivity contribution < 1.29 is 13.2 Å². The molecule has 3 aromatic carbocycles. The van der Waals surface area contributed by atoms with Gasteiger partial charge in [0.1, 0.15) is 0 Å². The number of hydrogen-bond acceptors (Lipinski definition) is 4. The normalized spacial score (nSPS) is 12.7. The summed E-state index contributed by atoms with van der Waals surface area (Å²) in [7, 11) is -3.72. The number of carbonyl (C=O) groups excluding carboxylic acids is 1. The molecule has 1 atom stereocenters. The summed E-state index contributed by atoms with van der Waals surface area (Å²) in [5.41, 5.74) is 3.10. The van der Waals surface area contributed by atoms with Crippen molar-refractivity contribution in [1.82, 2.24) is 10.3 Å². The molecule has 6 nitrogen and oxygen atoms in total. The van der Waals surface area contributed by atoms with Crippen LogP contribution < -0.4 is 10.5 Å². The van der Waals surface area contributed by atoms with E-state index in [9.17, 15) is 13.2 Å². The first-order chi connectivity index (χ1) is 15.3. The van der Waals surface area contributed by atoms with Crippen molar-refractivity contribution in [2.24, 2.45) is 5.14 Å². The third kappa shape index (κ3) is 4.76. The fourth-order valence-corrected chi connectivity index (χ4v) is 4.44. The fraction of sp³-hybridized carbons (Fsp3) is 0.125. The van der Waals surface area contributed by atoms with Crippen LogP contribution >= 0.6 is 11.6 Å². The molecule has 0 saturated heterocycles. The molecule has 4 N–H and O–H groups in total. The lowest BCUT2D eigenvalue weighted by Crippen LogP contribution is -2.30. The molecule has 0 aliphatic rings. The first-order valence-corrected chi connectivity index (χ1v) is 12.0. The SMILES string of the molecule is NS(=O)(=O)c1ccc(CCNC(C(=O)c2c[nH]c3c(Cl)cccc23)c2ccccc2)cc1. The van der Waals surface area contributed by atoms with Crippen LogP contribution in [-0.2, 0) is 16.4 Å². The van der Waals surface area contributed by atoms with E-state index < -0.39 is 16.1 Å². The number of aromatic amines is 1. The molecule has 1 aromatic heterocycles. The molecule has 0 bridgehead atoms. The van der Waals surface area contributed by atoms with Crippen molar-refractivity contribution in [2.75, 3.05) is 6.54 Å². The summed E-state index contributed by atoms with van der Waals surface area (Å²) in [5.74, 6) is -0.0608. The molecule has 0 aliphatic carbocycles. The van der Waals surface area contributed by atoms with Crippen molar-refractivity contribution in [2.45, 2.75) is 17.4 Å². The molecule has 164 valence electrons. The van der Waals surface area contributed by atoms with Crippen LogP contribution in [0.3, 0.4) is 0 Å². The zero-order chi connectivity index (χ0) is 22.7. The van der Waals surface area contributed by atoms with Gasteiger partial charge in [-0.15, -0.1) is 0 Å². The molecule has 1 unspecified atom stereocenters. The number of H-pyrrole nitrogens is 1. The second kappa shape index (κ2) is 9.26. The van der Waals surface area contributed by atoms with Gasteiger partial charge in [0.2, 0.25) is 10.0 Å². The quantitative estimate of drug-likeness (QED) is 0.337. The second-order valence-corrected chi connectivity index (χ2v) is 9.43. The summed E-state index contributed by atoms with van der Waals surface area (Å²) in [5, 5.41) is 9.85. The van der Waals surface area contributed by atoms with E-state index in [1.54, 1.807) is 24.4 Å². The number of rotatable bonds is 8. The van der Waals surface area contributed by atoms with Crippen LogP contribution in [0, 0.1) is 0 Å². The van der Waals surface area contributed by atoms with Crippen molar-refractivity contribution in [3.8, 4) is 0 Å². The van der Waals surface area contributed by atoms with Gasteiger partial charge in [-0.1, -0.05) is 66.2 Å². The Bertz CT molecular complexity index is 1350. The standard InChI is InChI=1S/C24H22ClN3O3S/c25-21-8-4-7-19-20(15-28-23(19)21)24(29)22(17-5-2-1-3-6-17)27-14-13-16-9-11-18(12-10-16)32(26,30)31/h1-12,15,22,27-28H,13-14H2,(H2,26,30,31). The number of hydrogen-bond donors (Lipinski definition) is 3. The minimum atomic E-state index is -3.72. The third-order valence-corrected chi connectivity index (χ3v) is 6.58. The Balaban J connectivity index is 1.55. The van der Waals surface area contributed by atoms with Crippen LogP contribution in [-0.4, -0.2) is 25.7 Å². The van der Waals surface area contributed by atoms with Gasteiger partial charge in [0.15, 0.2) is 5.78 Å². The van der Waals surface area contributed by atoms with Gasteiger partial charge in [-0.2, -0.15) is 0 Å². The van der Waals surface area contributed by atoms with Gasteiger partial charge in [0, 0.05) is 23.7 Å². The predicted molar refractivity (Wildman–Crippen MR) is 126 cm³/mol. The van der Waals surface area contributed by atoms with E-state index in [-0.39, 0.29) is 10.7 Å². The molecule has 8 heteroatoms. The summed E-state index contributed by atoms with van der Waals surface area (Å²) in [6.45, 7) is 0.517. The number of Topliss-reactive ketones (excluding diaryl/α,β-unsaturated/α-hetero) is 1. The number of nitrogens with two attached hydrogens (primary N) is 1. The Morgan fingerprint density at radius 1 is 1.00 bits per heavy atom. The molecule has 1 heterocycles. The predicted octanol–water partition coefficient (Wildman–Crippen LogP) is 4.23. The molecule has 0 fully saturated rings. The topological polar surface area (TPSA) is 105 Å². The van der Waals surface area contributed by atoms with Crippen LogP contribution in [0.4, 0.5) is 0 Å². The number of carbonyl (C=O) groups is 1. The lowest BCUT2D eigenvalue weighted by atomic mass is 9.96. The summed E-state index contributed by atoms with van der Waals surface area (Å²) in [4.78, 5) is 16.7. The van der Waals surface area contributed by atoms with Crippen molar-refractivity contribution in [1.29, 1.82) is 0 Å². The van der Waals surface area contributed by atoms with Crippen molar-refractivity contribution >= 4 is 38.3 Å². The van der Waals surface area contributed by atoms with Crippen LogP contribution in [0.25, 0.3) is 10.9 Å². The smallest absolute Gasteiger partial charge is 0.238 e. The van der Waals surface area contributed by atoms with Crippen molar-refractivity contribution in [3.63, 3.8) is 0 Å². The average Bonchev–Trinajstić information content (AvgIpc) is 3.22. The van der Waals surface area contributed by atoms with Gasteiger partial charge in [0.05, 0.1) is 21.5 Å². The monoisotopic (exact) mass is 467 g/mol. The van der Waals surface area contributed by atoms with Crippen LogP contribution in [0.5, 0.6) is 0 Å². The highest BCUT2D eigenvalue weighted by atomic mass is 35.5. The Morgan fingerprint density at radius 2 is 1.72 bits per heavy atom. The number of nitrogens with one attached hydrogen (secondary N) is 2. The van der Waals surface area contributed by atoms with Gasteiger partial charge in [-0.05, 0) is 35.7 Å². The number of ketones is 1. The largest absolute Gasteiger partial charge is 0.359 e. The molecular formula is C24H22ClN3O3S. The van der Waals surface area contributed by atoms with Crippen LogP contribution in [0.15, 0.2) is 83.9 Å². The molecule has 0 saturated carbocycles. The number of benzene rings is 3. The molecule has 32 heavy (non-hydrogen) atoms. The first kappa shape index (κ1) is 22.2. The Morgan fingerprint density at radius 3 is 2.41 bits per heavy atom. The third-order valence-electron chi connectivity index (χ3n) is 5.34. The number of para-hydroxylation sites is 1. The van der Waals surface area contributed by atoms with E-state index in [2.05, 4.69) is 10.3 Å². The minimum absolute atomic E-state index is 0.0608. The maximum atomic E-state index is 13.5. The average molecular weight is 468 g/mol. The number of aromatic nitrogens is 1. The van der Waals surface area contributed by atoms with E-state index in [1.807, 2.05) is 42.5 Å². The number of sulfonamides is 1. The maximum absolute atomic E-state index is 13.5. The zero-order valence-electron chi connectivity index (χ0n) is 17.1. The van der Waals surface area contributed by atoms with E-state index >= 15 is 0 Å². The Hall–Kier alpha value is -2.97. The number of fused-ring (bicyclic) bond motifs is 1. The highest BCUT2D eigenvalue weighted by Crippen LogP contribution is 2.28. The Kier molecular flexibility index (Phi) is 6.43. The molecule has 0 amide bonds. The molecular weight excluding hydrogens is 446 g/mol. The molecule has 4 rings (SSSR count). The molecule has 4 aromatic rings. The number of primary sulfonamides is 1. The first-order valence-electron chi connectivity index (χ1n) is 10.0. The molecule has 0 spiro atoms. The van der Waals surface area contributed by atoms with Crippen LogP contribution in [0.2, 0.25) is 5.02 Å². The maximum Gasteiger partial charge on any atom is 0.238 e. The van der Waals surface area contributed by atoms with Crippen LogP contribution in [0.1, 0.15) is 27.5 Å². The van der Waals surface area contributed by atoms with E-state index in [0.717, 1.165) is 22.0 Å². The van der Waals surface area contributed by atoms with Gasteiger partial charge >= 0.3 is 0 Å². The summed E-state index contributed by atoms with van der Waals surface area (Å²) in [6, 6.07) is 20.9. The van der Waals surface area contributed by atoms with Crippen molar-refractivity contribution in [3.05, 3.63) is 101 Å². The lowest BCUT2D eigenvalue weighted by molar-refractivity contribution is 0.0945. The highest BCUT2D eigenvalue weighted by Gasteiger charge is 2.24. The summed E-state index contributed by atoms with van der Waals surface area (Å²) >= 11 is 6.26. The Labute approximate surface area is 191 Å². The van der Waals surface area contributed by atoms with Gasteiger partial charge in [0.25, 0.3) is 0 Å². The zero-order valence-corrected chi connectivity index (χ0v) is 18.7. The summed E-state index contributed by atoms with van der Waals surface area (Å²) in [6.07, 6.45) is 2.31. The fourth-order valence-electron chi connectivity index (χ4n) is 3.69. The van der Waals surface area contributed by atoms with E-state index in [0.29, 0.717) is 23.6 Å². The second-order valence-electron chi connectivity index (χ2n) is 7.47. The van der Waals surface area contributed by atoms with E-state index in [1.165, 1.54) is 12.1 Å². The van der Waals surface area contributed by atoms with Gasteiger partial charge in [-0.3, -0.25) is 4.79 Å². The molecule has 0 radical (unpaired) electrons. The number of halogens is 1.